The lowest BCUT2D eigenvalue weighted by Crippen LogP contribution is -2.18. The maximum atomic E-state index is 12.6. The number of thiazole rings is 1. The van der Waals surface area contributed by atoms with Gasteiger partial charge in [-0.2, -0.15) is 0 Å². The Bertz CT molecular complexity index is 1470. The molecule has 5 rings (SSSR count). The molecule has 0 atom stereocenters. The fourth-order valence-electron chi connectivity index (χ4n) is 3.54. The summed E-state index contributed by atoms with van der Waals surface area (Å²) in [6.45, 7) is 0.856. The zero-order chi connectivity index (χ0) is 23.5. The third kappa shape index (κ3) is 4.36. The SMILES string of the molecule is COCCOc1cc2nccc(Oc3ccc4c(ccn4C(=O)Nc4nccs4)c3)c2cc1N. The van der Waals surface area contributed by atoms with Crippen molar-refractivity contribution in [2.45, 2.75) is 0 Å². The number of anilines is 2. The summed E-state index contributed by atoms with van der Waals surface area (Å²) in [6, 6.07) is 12.5. The number of carbonyl (C=O) groups excluding carboxylic acids is 1. The molecule has 9 nitrogen and oxygen atoms in total. The van der Waals surface area contributed by atoms with E-state index in [1.165, 1.54) is 15.9 Å². The molecule has 3 N–H and O–H groups in total. The maximum absolute atomic E-state index is 12.6. The second kappa shape index (κ2) is 9.38. The van der Waals surface area contributed by atoms with Crippen LogP contribution in [0.1, 0.15) is 0 Å². The zero-order valence-corrected chi connectivity index (χ0v) is 19.0. The first-order valence-corrected chi connectivity index (χ1v) is 11.3. The first-order valence-electron chi connectivity index (χ1n) is 10.4. The van der Waals surface area contributed by atoms with Gasteiger partial charge in [0, 0.05) is 47.9 Å². The Morgan fingerprint density at radius 1 is 1.09 bits per heavy atom. The summed E-state index contributed by atoms with van der Waals surface area (Å²) in [5, 5.41) is 6.75. The number of pyridine rings is 1. The number of hydrogen-bond acceptors (Lipinski definition) is 8. The normalized spacial score (nSPS) is 11.1. The predicted octanol–water partition coefficient (Wildman–Crippen LogP) is 5.13. The Hall–Kier alpha value is -4.15. The Morgan fingerprint density at radius 2 is 2.00 bits per heavy atom. The molecule has 0 spiro atoms. The first-order chi connectivity index (χ1) is 16.6. The molecular weight excluding hydrogens is 454 g/mol. The minimum Gasteiger partial charge on any atom is -0.489 e. The van der Waals surface area contributed by atoms with Crippen LogP contribution in [0.4, 0.5) is 15.6 Å². The smallest absolute Gasteiger partial charge is 0.332 e. The number of nitrogen functional groups attached to an aromatic ring is 1. The van der Waals surface area contributed by atoms with Crippen molar-refractivity contribution < 1.29 is 19.0 Å². The molecule has 2 aromatic carbocycles. The van der Waals surface area contributed by atoms with Crippen LogP contribution in [0.3, 0.4) is 0 Å². The van der Waals surface area contributed by atoms with Crippen LogP contribution in [-0.4, -0.2) is 40.9 Å². The zero-order valence-electron chi connectivity index (χ0n) is 18.2. The van der Waals surface area contributed by atoms with E-state index in [0.717, 1.165) is 16.3 Å². The number of ether oxygens (including phenoxy) is 3. The summed E-state index contributed by atoms with van der Waals surface area (Å²) in [5.74, 6) is 1.78. The average molecular weight is 476 g/mol. The van der Waals surface area contributed by atoms with Crippen LogP contribution in [-0.2, 0) is 4.74 Å². The molecular formula is C24H21N5O4S. The van der Waals surface area contributed by atoms with Crippen molar-refractivity contribution in [1.82, 2.24) is 14.5 Å². The lowest BCUT2D eigenvalue weighted by molar-refractivity contribution is 0.147. The van der Waals surface area contributed by atoms with Crippen LogP contribution in [0.5, 0.6) is 17.2 Å². The Labute approximate surface area is 198 Å². The van der Waals surface area contributed by atoms with Gasteiger partial charge < -0.3 is 19.9 Å². The van der Waals surface area contributed by atoms with Crippen molar-refractivity contribution in [2.24, 2.45) is 0 Å². The molecule has 0 fully saturated rings. The van der Waals surface area contributed by atoms with Gasteiger partial charge in [0.1, 0.15) is 23.9 Å². The summed E-state index contributed by atoms with van der Waals surface area (Å²) < 4.78 is 18.4. The minimum absolute atomic E-state index is 0.280. The quantitative estimate of drug-likeness (QED) is 0.248. The van der Waals surface area contributed by atoms with Crippen molar-refractivity contribution in [2.75, 3.05) is 31.4 Å². The van der Waals surface area contributed by atoms with Crippen LogP contribution in [0, 0.1) is 0 Å². The number of nitrogens with one attached hydrogen (secondary N) is 1. The van der Waals surface area contributed by atoms with Gasteiger partial charge in [-0.1, -0.05) is 0 Å². The number of nitrogens with two attached hydrogens (primary N) is 1. The van der Waals surface area contributed by atoms with E-state index in [0.29, 0.717) is 46.8 Å². The molecule has 0 aliphatic heterocycles. The van der Waals surface area contributed by atoms with Gasteiger partial charge in [0.25, 0.3) is 0 Å². The van der Waals surface area contributed by atoms with E-state index >= 15 is 0 Å². The topological polar surface area (TPSA) is 114 Å². The van der Waals surface area contributed by atoms with E-state index in [1.54, 1.807) is 49.3 Å². The number of benzene rings is 2. The molecule has 172 valence electrons. The molecule has 0 aliphatic rings. The molecule has 5 aromatic rings. The fraction of sp³-hybridized carbons (Fsp3) is 0.125. The van der Waals surface area contributed by atoms with Crippen molar-refractivity contribution >= 4 is 50.0 Å². The maximum Gasteiger partial charge on any atom is 0.332 e. The van der Waals surface area contributed by atoms with Gasteiger partial charge in [0.2, 0.25) is 0 Å². The lowest BCUT2D eigenvalue weighted by Gasteiger charge is -2.13. The highest BCUT2D eigenvalue weighted by Gasteiger charge is 2.13. The van der Waals surface area contributed by atoms with Crippen molar-refractivity contribution in [3.05, 3.63) is 66.4 Å². The number of carbonyl (C=O) groups is 1. The summed E-state index contributed by atoms with van der Waals surface area (Å²) in [5.41, 5.74) is 8.13. The molecule has 0 radical (unpaired) electrons. The summed E-state index contributed by atoms with van der Waals surface area (Å²) in [4.78, 5) is 21.1. The summed E-state index contributed by atoms with van der Waals surface area (Å²) >= 11 is 1.36. The van der Waals surface area contributed by atoms with E-state index < -0.39 is 0 Å². The number of amides is 1. The number of aromatic nitrogens is 3. The Balaban J connectivity index is 1.40. The van der Waals surface area contributed by atoms with Crippen molar-refractivity contribution in [3.63, 3.8) is 0 Å². The van der Waals surface area contributed by atoms with E-state index in [2.05, 4.69) is 15.3 Å². The molecule has 3 aromatic heterocycles. The van der Waals surface area contributed by atoms with E-state index in [4.69, 9.17) is 19.9 Å². The number of methoxy groups -OCH3 is 1. The van der Waals surface area contributed by atoms with Crippen LogP contribution in [0.25, 0.3) is 21.8 Å². The standard InChI is InChI=1S/C24H21N5O4S/c1-31-9-10-32-22-14-19-17(13-18(22)25)21(4-6-26-19)33-16-2-3-20-15(12-16)5-8-29(20)24(30)28-23-27-7-11-34-23/h2-8,11-14H,9-10,25H2,1H3,(H,27,28,30). The summed E-state index contributed by atoms with van der Waals surface area (Å²) in [7, 11) is 1.61. The molecule has 0 unspecified atom stereocenters. The van der Waals surface area contributed by atoms with E-state index in [-0.39, 0.29) is 6.03 Å². The molecule has 3 heterocycles. The van der Waals surface area contributed by atoms with E-state index in [1.807, 2.05) is 24.3 Å². The fourth-order valence-corrected chi connectivity index (χ4v) is 4.06. The summed E-state index contributed by atoms with van der Waals surface area (Å²) in [6.07, 6.45) is 5.03. The number of nitrogens with zero attached hydrogens (tertiary/aromatic N) is 3. The molecule has 10 heteroatoms. The second-order valence-electron chi connectivity index (χ2n) is 7.33. The highest BCUT2D eigenvalue weighted by Crippen LogP contribution is 2.35. The predicted molar refractivity (Wildman–Crippen MR) is 132 cm³/mol. The van der Waals surface area contributed by atoms with Gasteiger partial charge >= 0.3 is 6.03 Å². The van der Waals surface area contributed by atoms with Crippen molar-refractivity contribution in [3.8, 4) is 17.2 Å². The van der Waals surface area contributed by atoms with Crippen molar-refractivity contribution in [1.29, 1.82) is 0 Å². The number of fused-ring (bicyclic) bond motifs is 2. The second-order valence-corrected chi connectivity index (χ2v) is 8.23. The first kappa shape index (κ1) is 21.7. The largest absolute Gasteiger partial charge is 0.489 e. The van der Waals surface area contributed by atoms with Crippen LogP contribution >= 0.6 is 11.3 Å². The van der Waals surface area contributed by atoms with Crippen LogP contribution in [0.2, 0.25) is 0 Å². The highest BCUT2D eigenvalue weighted by molar-refractivity contribution is 7.13. The van der Waals surface area contributed by atoms with Crippen LogP contribution in [0.15, 0.2) is 66.4 Å². The molecule has 0 saturated carbocycles. The third-order valence-electron chi connectivity index (χ3n) is 5.13. The van der Waals surface area contributed by atoms with Gasteiger partial charge in [-0.15, -0.1) is 11.3 Å². The van der Waals surface area contributed by atoms with Gasteiger partial charge in [-0.05, 0) is 36.4 Å². The molecule has 34 heavy (non-hydrogen) atoms. The number of hydrogen-bond donors (Lipinski definition) is 2. The van der Waals surface area contributed by atoms with Gasteiger partial charge in [-0.3, -0.25) is 14.9 Å². The average Bonchev–Trinajstić information content (AvgIpc) is 3.49. The number of rotatable bonds is 7. The van der Waals surface area contributed by atoms with Gasteiger partial charge in [-0.25, -0.2) is 9.78 Å². The molecule has 0 aliphatic carbocycles. The Morgan fingerprint density at radius 3 is 2.82 bits per heavy atom. The lowest BCUT2D eigenvalue weighted by atomic mass is 10.1. The molecule has 0 saturated heterocycles. The highest BCUT2D eigenvalue weighted by atomic mass is 32.1. The molecule has 1 amide bonds. The van der Waals surface area contributed by atoms with Crippen LogP contribution < -0.4 is 20.5 Å². The third-order valence-corrected chi connectivity index (χ3v) is 5.82. The minimum atomic E-state index is -0.280. The van der Waals surface area contributed by atoms with E-state index in [9.17, 15) is 4.79 Å². The Kier molecular flexibility index (Phi) is 5.98. The monoisotopic (exact) mass is 475 g/mol. The molecule has 0 bridgehead atoms. The van der Waals surface area contributed by atoms with Gasteiger partial charge in [0.05, 0.1) is 23.3 Å². The van der Waals surface area contributed by atoms with Gasteiger partial charge in [0.15, 0.2) is 5.13 Å².